The summed E-state index contributed by atoms with van der Waals surface area (Å²) in [7, 11) is 0. The van der Waals surface area contributed by atoms with Gasteiger partial charge in [-0.05, 0) is 43.0 Å². The Labute approximate surface area is 135 Å². The van der Waals surface area contributed by atoms with Gasteiger partial charge in [0.25, 0.3) is 0 Å². The van der Waals surface area contributed by atoms with Crippen LogP contribution in [0.5, 0.6) is 0 Å². The molecular formula is C17H23BrN2O. The van der Waals surface area contributed by atoms with Gasteiger partial charge >= 0.3 is 0 Å². The topological polar surface area (TPSA) is 38.0 Å². The molecule has 1 aromatic carbocycles. The Balaban J connectivity index is 1.93. The van der Waals surface area contributed by atoms with Crippen molar-refractivity contribution in [2.45, 2.75) is 51.7 Å². The lowest BCUT2D eigenvalue weighted by Crippen LogP contribution is -2.15. The summed E-state index contributed by atoms with van der Waals surface area (Å²) in [6.07, 6.45) is 5.06. The number of hydrogen-bond donors (Lipinski definition) is 1. The highest BCUT2D eigenvalue weighted by Gasteiger charge is 2.12. The number of halogens is 1. The Morgan fingerprint density at radius 2 is 1.76 bits per heavy atom. The smallest absolute Gasteiger partial charge is 0.0650 e. The van der Waals surface area contributed by atoms with Crippen molar-refractivity contribution in [1.29, 1.82) is 0 Å². The number of aliphatic hydroxyl groups is 1. The van der Waals surface area contributed by atoms with Gasteiger partial charge < -0.3 is 5.11 Å². The molecule has 0 saturated carbocycles. The van der Waals surface area contributed by atoms with Crippen LogP contribution in [0.25, 0.3) is 0 Å². The molecule has 0 bridgehead atoms. The first-order valence-electron chi connectivity index (χ1n) is 7.58. The molecule has 2 aromatic rings. The fourth-order valence-corrected chi connectivity index (χ4v) is 2.82. The van der Waals surface area contributed by atoms with Crippen molar-refractivity contribution in [2.24, 2.45) is 0 Å². The maximum atomic E-state index is 10.2. The molecule has 0 aliphatic carbocycles. The molecule has 4 heteroatoms. The van der Waals surface area contributed by atoms with Crippen LogP contribution in [0.2, 0.25) is 0 Å². The molecule has 0 fully saturated rings. The van der Waals surface area contributed by atoms with Gasteiger partial charge in [0.1, 0.15) is 0 Å². The van der Waals surface area contributed by atoms with Crippen LogP contribution in [0.1, 0.15) is 44.0 Å². The predicted molar refractivity (Wildman–Crippen MR) is 89.4 cm³/mol. The van der Waals surface area contributed by atoms with E-state index in [1.165, 1.54) is 0 Å². The van der Waals surface area contributed by atoms with E-state index in [1.54, 1.807) is 0 Å². The number of aliphatic hydroxyl groups excluding tert-OH is 1. The zero-order chi connectivity index (χ0) is 15.2. The quantitative estimate of drug-likeness (QED) is 0.814. The monoisotopic (exact) mass is 350 g/mol. The standard InChI is InChI=1S/C17H23BrN2O/c1-3-16(4-2)20-10-9-15(19-20)12-17(21)11-13-5-7-14(18)8-6-13/h5-10,16-17,21H,3-4,11-12H2,1-2H3. The van der Waals surface area contributed by atoms with Crippen molar-refractivity contribution in [1.82, 2.24) is 9.78 Å². The molecule has 1 aromatic heterocycles. The molecule has 21 heavy (non-hydrogen) atoms. The summed E-state index contributed by atoms with van der Waals surface area (Å²) in [6.45, 7) is 4.36. The van der Waals surface area contributed by atoms with E-state index in [9.17, 15) is 5.11 Å². The Morgan fingerprint density at radius 1 is 1.10 bits per heavy atom. The summed E-state index contributed by atoms with van der Waals surface area (Å²) in [5.74, 6) is 0. The van der Waals surface area contributed by atoms with Gasteiger partial charge in [0.05, 0.1) is 17.8 Å². The molecule has 1 atom stereocenters. The summed E-state index contributed by atoms with van der Waals surface area (Å²) in [5, 5.41) is 14.8. The highest BCUT2D eigenvalue weighted by atomic mass is 79.9. The van der Waals surface area contributed by atoms with Gasteiger partial charge in [-0.15, -0.1) is 0 Å². The molecule has 114 valence electrons. The third-order valence-corrected chi connectivity index (χ3v) is 4.34. The third-order valence-electron chi connectivity index (χ3n) is 3.81. The van der Waals surface area contributed by atoms with Crippen molar-refractivity contribution in [3.05, 3.63) is 52.3 Å². The highest BCUT2D eigenvalue weighted by Crippen LogP contribution is 2.16. The van der Waals surface area contributed by atoms with Gasteiger partial charge in [-0.1, -0.05) is 41.9 Å². The molecule has 3 nitrogen and oxygen atoms in total. The van der Waals surface area contributed by atoms with Gasteiger partial charge in [-0.2, -0.15) is 5.10 Å². The second kappa shape index (κ2) is 7.76. The van der Waals surface area contributed by atoms with Gasteiger partial charge in [-0.3, -0.25) is 4.68 Å². The largest absolute Gasteiger partial charge is 0.392 e. The summed E-state index contributed by atoms with van der Waals surface area (Å²) in [6, 6.07) is 10.6. The lowest BCUT2D eigenvalue weighted by Gasteiger charge is -2.13. The molecule has 0 saturated heterocycles. The van der Waals surface area contributed by atoms with Crippen LogP contribution in [0, 0.1) is 0 Å². The lowest BCUT2D eigenvalue weighted by atomic mass is 10.0. The summed E-state index contributed by atoms with van der Waals surface area (Å²) >= 11 is 3.42. The normalized spacial score (nSPS) is 12.8. The van der Waals surface area contributed by atoms with Crippen LogP contribution in [0.4, 0.5) is 0 Å². The second-order valence-corrected chi connectivity index (χ2v) is 6.36. The highest BCUT2D eigenvalue weighted by molar-refractivity contribution is 9.10. The molecule has 0 amide bonds. The molecule has 0 radical (unpaired) electrons. The first-order chi connectivity index (χ1) is 10.1. The maximum Gasteiger partial charge on any atom is 0.0650 e. The molecule has 2 rings (SSSR count). The SMILES string of the molecule is CCC(CC)n1ccc(CC(O)Cc2ccc(Br)cc2)n1. The number of nitrogens with zero attached hydrogens (tertiary/aromatic N) is 2. The predicted octanol–water partition coefficient (Wildman–Crippen LogP) is 4.15. The number of rotatable bonds is 7. The van der Waals surface area contributed by atoms with Gasteiger partial charge in [-0.25, -0.2) is 0 Å². The van der Waals surface area contributed by atoms with Crippen molar-refractivity contribution in [3.63, 3.8) is 0 Å². The first kappa shape index (κ1) is 16.2. The summed E-state index contributed by atoms with van der Waals surface area (Å²) in [5.41, 5.74) is 2.11. The van der Waals surface area contributed by atoms with Gasteiger partial charge in [0.2, 0.25) is 0 Å². The van der Waals surface area contributed by atoms with E-state index in [0.29, 0.717) is 18.9 Å². The van der Waals surface area contributed by atoms with E-state index < -0.39 is 6.10 Å². The zero-order valence-corrected chi connectivity index (χ0v) is 14.3. The van der Waals surface area contributed by atoms with Crippen LogP contribution in [0.3, 0.4) is 0 Å². The van der Waals surface area contributed by atoms with Gasteiger partial charge in [0.15, 0.2) is 0 Å². The molecule has 0 spiro atoms. The third kappa shape index (κ3) is 4.68. The average Bonchev–Trinajstić information content (AvgIpc) is 2.91. The molecule has 1 unspecified atom stereocenters. The van der Waals surface area contributed by atoms with Crippen LogP contribution >= 0.6 is 15.9 Å². The molecule has 0 aliphatic rings. The molecule has 0 aliphatic heterocycles. The Bertz CT molecular complexity index is 546. The Morgan fingerprint density at radius 3 is 2.38 bits per heavy atom. The van der Waals surface area contributed by atoms with Gasteiger partial charge in [0, 0.05) is 17.1 Å². The van der Waals surface area contributed by atoms with Crippen molar-refractivity contribution in [3.8, 4) is 0 Å². The van der Waals surface area contributed by atoms with E-state index in [0.717, 1.165) is 28.6 Å². The fraction of sp³-hybridized carbons (Fsp3) is 0.471. The minimum absolute atomic E-state index is 0.392. The Hall–Kier alpha value is -1.13. The molecule has 1 N–H and O–H groups in total. The van der Waals surface area contributed by atoms with Crippen molar-refractivity contribution in [2.75, 3.05) is 0 Å². The van der Waals surface area contributed by atoms with Crippen LogP contribution < -0.4 is 0 Å². The summed E-state index contributed by atoms with van der Waals surface area (Å²) < 4.78 is 3.09. The minimum Gasteiger partial charge on any atom is -0.392 e. The minimum atomic E-state index is -0.392. The lowest BCUT2D eigenvalue weighted by molar-refractivity contribution is 0.173. The fourth-order valence-electron chi connectivity index (χ4n) is 2.56. The maximum absolute atomic E-state index is 10.2. The average molecular weight is 351 g/mol. The first-order valence-corrected chi connectivity index (χ1v) is 8.38. The van der Waals surface area contributed by atoms with E-state index in [4.69, 9.17) is 0 Å². The Kier molecular flexibility index (Phi) is 6.00. The van der Waals surface area contributed by atoms with E-state index >= 15 is 0 Å². The van der Waals surface area contributed by atoms with Crippen molar-refractivity contribution < 1.29 is 5.11 Å². The van der Waals surface area contributed by atoms with Crippen LogP contribution in [0.15, 0.2) is 41.0 Å². The molecule has 1 heterocycles. The number of benzene rings is 1. The van der Waals surface area contributed by atoms with Crippen LogP contribution in [-0.2, 0) is 12.8 Å². The van der Waals surface area contributed by atoms with E-state index in [2.05, 4.69) is 34.9 Å². The van der Waals surface area contributed by atoms with Crippen LogP contribution in [-0.4, -0.2) is 21.0 Å². The number of hydrogen-bond acceptors (Lipinski definition) is 2. The zero-order valence-electron chi connectivity index (χ0n) is 12.7. The van der Waals surface area contributed by atoms with E-state index in [-0.39, 0.29) is 0 Å². The number of aromatic nitrogens is 2. The second-order valence-electron chi connectivity index (χ2n) is 5.45. The van der Waals surface area contributed by atoms with E-state index in [1.807, 2.05) is 41.2 Å². The summed E-state index contributed by atoms with van der Waals surface area (Å²) in [4.78, 5) is 0. The molecular weight excluding hydrogens is 328 g/mol. The van der Waals surface area contributed by atoms with Crippen molar-refractivity contribution >= 4 is 15.9 Å².